The largest absolute Gasteiger partial charge is 0.508 e. The van der Waals surface area contributed by atoms with E-state index in [4.69, 9.17) is 0 Å². The van der Waals surface area contributed by atoms with Crippen molar-refractivity contribution < 1.29 is 9.90 Å². The lowest BCUT2D eigenvalue weighted by Crippen LogP contribution is -2.72. The molecule has 1 saturated heterocycles. The molecule has 24 heavy (non-hydrogen) atoms. The van der Waals surface area contributed by atoms with E-state index in [2.05, 4.69) is 38.8 Å². The molecule has 3 aliphatic rings. The van der Waals surface area contributed by atoms with Crippen molar-refractivity contribution in [2.24, 2.45) is 10.8 Å². The maximum atomic E-state index is 13.0. The molecule has 0 radical (unpaired) electrons. The Balaban J connectivity index is 2.12. The second-order valence-electron chi connectivity index (χ2n) is 9.07. The molecule has 130 valence electrons. The van der Waals surface area contributed by atoms with Gasteiger partial charge in [0.1, 0.15) is 11.5 Å². The first kappa shape index (κ1) is 16.1. The molecule has 1 heterocycles. The van der Waals surface area contributed by atoms with Crippen LogP contribution in [-0.2, 0) is 16.6 Å². The lowest BCUT2D eigenvalue weighted by atomic mass is 9.37. The number of piperidine rings is 1. The normalized spacial score (nSPS) is 37.7. The van der Waals surface area contributed by atoms with Crippen LogP contribution in [0.5, 0.6) is 5.75 Å². The van der Waals surface area contributed by atoms with E-state index >= 15 is 0 Å². The Hall–Kier alpha value is -1.35. The van der Waals surface area contributed by atoms with Crippen LogP contribution in [0.15, 0.2) is 12.1 Å². The van der Waals surface area contributed by atoms with Crippen molar-refractivity contribution in [3.8, 4) is 5.75 Å². The van der Waals surface area contributed by atoms with E-state index in [0.717, 1.165) is 31.4 Å². The number of phenolic OH excluding ortho intramolecular Hbond substituents is 1. The summed E-state index contributed by atoms with van der Waals surface area (Å²) in [5.74, 6) is 0.760. The van der Waals surface area contributed by atoms with E-state index < -0.39 is 5.41 Å². The minimum Gasteiger partial charge on any atom is -0.508 e. The summed E-state index contributed by atoms with van der Waals surface area (Å²) in [5.41, 5.74) is 3.11. The number of carbonyl (C=O) groups is 1. The molecule has 2 bridgehead atoms. The fraction of sp³-hybridized carbons (Fsp3) is 0.667. The van der Waals surface area contributed by atoms with E-state index in [0.29, 0.717) is 24.0 Å². The molecular formula is C21H29NO2. The number of nitrogens with zero attached hydrogens (tertiary/aromatic N) is 1. The molecular weight excluding hydrogens is 298 g/mol. The van der Waals surface area contributed by atoms with E-state index in [1.54, 1.807) is 0 Å². The van der Waals surface area contributed by atoms with Crippen LogP contribution in [-0.4, -0.2) is 35.4 Å². The van der Waals surface area contributed by atoms with Gasteiger partial charge in [0, 0.05) is 23.3 Å². The summed E-state index contributed by atoms with van der Waals surface area (Å²) in [6, 6.07) is 4.40. The topological polar surface area (TPSA) is 40.5 Å². The molecule has 1 aromatic rings. The summed E-state index contributed by atoms with van der Waals surface area (Å²) < 4.78 is 0. The zero-order valence-corrected chi connectivity index (χ0v) is 15.6. The quantitative estimate of drug-likeness (QED) is 0.791. The summed E-state index contributed by atoms with van der Waals surface area (Å²) in [6.45, 7) is 9.79. The van der Waals surface area contributed by atoms with Crippen molar-refractivity contribution in [3.63, 3.8) is 0 Å². The first-order valence-electron chi connectivity index (χ1n) is 9.22. The van der Waals surface area contributed by atoms with Gasteiger partial charge in [0.15, 0.2) is 0 Å². The molecule has 0 amide bonds. The summed E-state index contributed by atoms with van der Waals surface area (Å²) in [5, 5.41) is 10.4. The van der Waals surface area contributed by atoms with Gasteiger partial charge in [-0.1, -0.05) is 26.8 Å². The molecule has 1 N–H and O–H groups in total. The van der Waals surface area contributed by atoms with Gasteiger partial charge in [-0.2, -0.15) is 0 Å². The van der Waals surface area contributed by atoms with Gasteiger partial charge in [0.05, 0.1) is 0 Å². The van der Waals surface area contributed by atoms with Crippen molar-refractivity contribution in [1.29, 1.82) is 0 Å². The molecule has 3 heteroatoms. The van der Waals surface area contributed by atoms with Gasteiger partial charge >= 0.3 is 0 Å². The number of aromatic hydroxyl groups is 1. The zero-order chi connectivity index (χ0) is 17.5. The molecule has 1 saturated carbocycles. The first-order chi connectivity index (χ1) is 11.2. The number of phenols is 1. The van der Waals surface area contributed by atoms with Gasteiger partial charge in [-0.05, 0) is 68.0 Å². The number of benzene rings is 1. The number of rotatable bonds is 0. The summed E-state index contributed by atoms with van der Waals surface area (Å²) in [6.07, 6.45) is 3.66. The zero-order valence-electron chi connectivity index (χ0n) is 15.6. The maximum absolute atomic E-state index is 13.0. The number of fused-ring (bicyclic) bond motifs is 1. The highest BCUT2D eigenvalue weighted by atomic mass is 16.3. The Labute approximate surface area is 145 Å². The molecule has 1 unspecified atom stereocenters. The van der Waals surface area contributed by atoms with Crippen LogP contribution in [0.25, 0.3) is 0 Å². The molecule has 2 fully saturated rings. The second kappa shape index (κ2) is 4.63. The third-order valence-corrected chi connectivity index (χ3v) is 8.08. The molecule has 1 aliphatic heterocycles. The fourth-order valence-corrected chi connectivity index (χ4v) is 6.72. The SMILES string of the molecule is Cc1c(O)ccc2c1[C@]13CCN(C)[C@H](C2)C1(C)CCC(=O)C3(C)C. The second-order valence-corrected chi connectivity index (χ2v) is 9.07. The molecule has 0 aromatic heterocycles. The Morgan fingerprint density at radius 3 is 2.62 bits per heavy atom. The first-order valence-corrected chi connectivity index (χ1v) is 9.22. The molecule has 3 nitrogen and oxygen atoms in total. The predicted molar refractivity (Wildman–Crippen MR) is 95.4 cm³/mol. The summed E-state index contributed by atoms with van der Waals surface area (Å²) in [7, 11) is 2.24. The molecule has 0 spiro atoms. The lowest BCUT2D eigenvalue weighted by Gasteiger charge is -2.69. The van der Waals surface area contributed by atoms with Gasteiger partial charge in [0.2, 0.25) is 0 Å². The van der Waals surface area contributed by atoms with Crippen LogP contribution in [0.4, 0.5) is 0 Å². The number of hydrogen-bond acceptors (Lipinski definition) is 3. The Morgan fingerprint density at radius 1 is 1.21 bits per heavy atom. The minimum atomic E-state index is -0.396. The third-order valence-electron chi connectivity index (χ3n) is 8.08. The average Bonchev–Trinajstić information content (AvgIpc) is 2.51. The van der Waals surface area contributed by atoms with E-state index in [1.165, 1.54) is 11.1 Å². The Bertz CT molecular complexity index is 738. The maximum Gasteiger partial charge on any atom is 0.139 e. The number of Topliss-reactive ketones (excluding diaryl/α,β-unsaturated/α-hetero) is 1. The Kier molecular flexibility index (Phi) is 3.11. The van der Waals surface area contributed by atoms with Crippen molar-refractivity contribution in [2.45, 2.75) is 64.8 Å². The third kappa shape index (κ3) is 1.55. The summed E-state index contributed by atoms with van der Waals surface area (Å²) in [4.78, 5) is 15.5. The fourth-order valence-electron chi connectivity index (χ4n) is 6.72. The number of carbonyl (C=O) groups excluding carboxylic acids is 1. The van der Waals surface area contributed by atoms with Crippen molar-refractivity contribution >= 4 is 5.78 Å². The van der Waals surface area contributed by atoms with Gasteiger partial charge in [0.25, 0.3) is 0 Å². The van der Waals surface area contributed by atoms with E-state index in [1.807, 2.05) is 13.0 Å². The highest BCUT2D eigenvalue weighted by molar-refractivity contribution is 5.88. The molecule has 1 aromatic carbocycles. The van der Waals surface area contributed by atoms with Gasteiger partial charge in [-0.25, -0.2) is 0 Å². The van der Waals surface area contributed by atoms with Crippen LogP contribution in [0.2, 0.25) is 0 Å². The van der Waals surface area contributed by atoms with Crippen LogP contribution in [0, 0.1) is 17.8 Å². The molecule has 2 aliphatic carbocycles. The smallest absolute Gasteiger partial charge is 0.139 e. The molecule has 4 rings (SSSR count). The number of likely N-dealkylation sites (tertiary alicyclic amines) is 1. The summed E-state index contributed by atoms with van der Waals surface area (Å²) >= 11 is 0. The highest BCUT2D eigenvalue weighted by Gasteiger charge is 2.69. The number of likely N-dealkylation sites (N-methyl/N-ethyl adjacent to an activating group) is 1. The Morgan fingerprint density at radius 2 is 1.92 bits per heavy atom. The van der Waals surface area contributed by atoms with Gasteiger partial charge < -0.3 is 10.0 Å². The minimum absolute atomic E-state index is 0.0724. The molecule has 3 atom stereocenters. The van der Waals surface area contributed by atoms with Gasteiger partial charge in [-0.3, -0.25) is 4.79 Å². The lowest BCUT2D eigenvalue weighted by molar-refractivity contribution is -0.162. The predicted octanol–water partition coefficient (Wildman–Crippen LogP) is 3.59. The van der Waals surface area contributed by atoms with Crippen molar-refractivity contribution in [2.75, 3.05) is 13.6 Å². The van der Waals surface area contributed by atoms with Crippen LogP contribution in [0.1, 0.15) is 56.7 Å². The number of ketones is 1. The van der Waals surface area contributed by atoms with Crippen molar-refractivity contribution in [1.82, 2.24) is 4.90 Å². The van der Waals surface area contributed by atoms with Crippen molar-refractivity contribution in [3.05, 3.63) is 28.8 Å². The van der Waals surface area contributed by atoms with Crippen LogP contribution < -0.4 is 0 Å². The van der Waals surface area contributed by atoms with Crippen LogP contribution >= 0.6 is 0 Å². The number of hydrogen-bond donors (Lipinski definition) is 1. The highest BCUT2D eigenvalue weighted by Crippen LogP contribution is 2.68. The van der Waals surface area contributed by atoms with Gasteiger partial charge in [-0.15, -0.1) is 0 Å². The average molecular weight is 327 g/mol. The van der Waals surface area contributed by atoms with E-state index in [9.17, 15) is 9.90 Å². The van der Waals surface area contributed by atoms with Crippen LogP contribution in [0.3, 0.4) is 0 Å². The van der Waals surface area contributed by atoms with E-state index in [-0.39, 0.29) is 10.8 Å². The monoisotopic (exact) mass is 327 g/mol. The standard InChI is InChI=1S/C21H29NO2/c1-13-15(23)7-6-14-12-16-20(4)9-8-17(24)19(2,3)21(20,18(13)14)10-11-22(16)5/h6-7,16,23H,8-12H2,1-5H3/t16-,20?,21+/m1/s1.